The number of hydrogen-bond donors (Lipinski definition) is 0. The van der Waals surface area contributed by atoms with Crippen LogP contribution in [0, 0.1) is 0 Å². The summed E-state index contributed by atoms with van der Waals surface area (Å²) in [5.74, 6) is -0.149. The molecule has 0 bridgehead atoms. The Morgan fingerprint density at radius 3 is 1.90 bits per heavy atom. The lowest BCUT2D eigenvalue weighted by Crippen LogP contribution is -2.43. The van der Waals surface area contributed by atoms with Crippen molar-refractivity contribution in [3.05, 3.63) is 0 Å². The van der Waals surface area contributed by atoms with Gasteiger partial charge in [0.15, 0.2) is 0 Å². The van der Waals surface area contributed by atoms with Crippen molar-refractivity contribution in [3.8, 4) is 0 Å². The first-order valence-corrected chi connectivity index (χ1v) is 8.24. The summed E-state index contributed by atoms with van der Waals surface area (Å²) in [6.45, 7) is 11.1. The van der Waals surface area contributed by atoms with Gasteiger partial charge in [-0.05, 0) is 26.3 Å². The molecule has 0 fully saturated rings. The van der Waals surface area contributed by atoms with Crippen molar-refractivity contribution >= 4 is 11.9 Å². The molecule has 0 saturated heterocycles. The molecule has 1 amide bonds. The van der Waals surface area contributed by atoms with Gasteiger partial charge in [0.2, 0.25) is 5.91 Å². The molecule has 0 unspecified atom stereocenters. The fourth-order valence-corrected chi connectivity index (χ4v) is 2.02. The fourth-order valence-electron chi connectivity index (χ4n) is 2.02. The van der Waals surface area contributed by atoms with Crippen molar-refractivity contribution in [1.82, 2.24) is 9.80 Å². The van der Waals surface area contributed by atoms with Crippen LogP contribution in [-0.4, -0.2) is 61.0 Å². The molecule has 0 heterocycles. The first-order chi connectivity index (χ1) is 10.1. The molecule has 0 spiro atoms. The molecule has 0 atom stereocenters. The number of hydrogen-bond acceptors (Lipinski definition) is 4. The zero-order valence-corrected chi connectivity index (χ0v) is 14.2. The van der Waals surface area contributed by atoms with Gasteiger partial charge in [-0.1, -0.05) is 33.6 Å². The Bertz CT molecular complexity index is 287. The van der Waals surface area contributed by atoms with E-state index in [1.54, 1.807) is 6.92 Å². The third-order valence-electron chi connectivity index (χ3n) is 3.38. The Morgan fingerprint density at radius 2 is 1.48 bits per heavy atom. The Balaban J connectivity index is 4.42. The molecule has 0 aliphatic carbocycles. The van der Waals surface area contributed by atoms with E-state index in [-0.39, 0.29) is 18.4 Å². The summed E-state index contributed by atoms with van der Waals surface area (Å²) < 4.78 is 4.94. The summed E-state index contributed by atoms with van der Waals surface area (Å²) in [7, 11) is 0. The van der Waals surface area contributed by atoms with Gasteiger partial charge in [0.1, 0.15) is 0 Å². The molecule has 0 aromatic carbocycles. The van der Waals surface area contributed by atoms with Crippen LogP contribution in [-0.2, 0) is 14.3 Å². The van der Waals surface area contributed by atoms with E-state index in [2.05, 4.69) is 13.8 Å². The van der Waals surface area contributed by atoms with E-state index in [1.165, 1.54) is 0 Å². The number of ether oxygens (including phenoxy) is 1. The zero-order valence-electron chi connectivity index (χ0n) is 14.2. The molecule has 0 saturated carbocycles. The molecule has 124 valence electrons. The van der Waals surface area contributed by atoms with E-state index in [1.807, 2.05) is 16.7 Å². The Kier molecular flexibility index (Phi) is 12.0. The monoisotopic (exact) mass is 300 g/mol. The average Bonchev–Trinajstić information content (AvgIpc) is 2.46. The second-order valence-corrected chi connectivity index (χ2v) is 5.20. The second kappa shape index (κ2) is 12.6. The summed E-state index contributed by atoms with van der Waals surface area (Å²) in [5, 5.41) is 0. The molecular weight excluding hydrogens is 268 g/mol. The summed E-state index contributed by atoms with van der Waals surface area (Å²) in [4.78, 5) is 27.7. The van der Waals surface area contributed by atoms with Crippen molar-refractivity contribution in [1.29, 1.82) is 0 Å². The van der Waals surface area contributed by atoms with Crippen LogP contribution >= 0.6 is 0 Å². The molecule has 21 heavy (non-hydrogen) atoms. The number of nitrogens with zero attached hydrogens (tertiary/aromatic N) is 2. The highest BCUT2D eigenvalue weighted by atomic mass is 16.5. The summed E-state index contributed by atoms with van der Waals surface area (Å²) in [6.07, 6.45) is 4.21. The highest BCUT2D eigenvalue weighted by Crippen LogP contribution is 2.02. The molecule has 0 aliphatic heterocycles. The highest BCUT2D eigenvalue weighted by molar-refractivity contribution is 5.79. The maximum Gasteiger partial charge on any atom is 0.320 e. The van der Waals surface area contributed by atoms with Crippen LogP contribution in [0.1, 0.15) is 53.4 Å². The molecule has 0 N–H and O–H groups in total. The van der Waals surface area contributed by atoms with E-state index in [0.717, 1.165) is 38.8 Å². The maximum absolute atomic E-state index is 12.4. The number of carbonyl (C=O) groups excluding carboxylic acids is 2. The normalized spacial score (nSPS) is 10.7. The molecule has 0 aromatic heterocycles. The van der Waals surface area contributed by atoms with Crippen molar-refractivity contribution in [3.63, 3.8) is 0 Å². The van der Waals surface area contributed by atoms with Gasteiger partial charge in [0.05, 0.1) is 19.7 Å². The van der Waals surface area contributed by atoms with Crippen LogP contribution in [0.15, 0.2) is 0 Å². The summed E-state index contributed by atoms with van der Waals surface area (Å²) >= 11 is 0. The number of esters is 1. The SMILES string of the molecule is CCCCN(CCCC)C(=O)CN(CC)CC(=O)OCC. The van der Waals surface area contributed by atoms with Crippen molar-refractivity contribution < 1.29 is 14.3 Å². The topological polar surface area (TPSA) is 49.9 Å². The summed E-state index contributed by atoms with van der Waals surface area (Å²) in [6, 6.07) is 0. The van der Waals surface area contributed by atoms with E-state index in [9.17, 15) is 9.59 Å². The average molecular weight is 300 g/mol. The molecular formula is C16H32N2O3. The van der Waals surface area contributed by atoms with Crippen LogP contribution in [0.4, 0.5) is 0 Å². The van der Waals surface area contributed by atoms with Crippen LogP contribution in [0.3, 0.4) is 0 Å². The fraction of sp³-hybridized carbons (Fsp3) is 0.875. The zero-order chi connectivity index (χ0) is 16.1. The minimum Gasteiger partial charge on any atom is -0.465 e. The molecule has 5 nitrogen and oxygen atoms in total. The summed E-state index contributed by atoms with van der Waals surface area (Å²) in [5.41, 5.74) is 0. The Morgan fingerprint density at radius 1 is 0.905 bits per heavy atom. The quantitative estimate of drug-likeness (QED) is 0.519. The Labute approximate surface area is 129 Å². The van der Waals surface area contributed by atoms with Crippen molar-refractivity contribution in [2.75, 3.05) is 39.3 Å². The predicted molar refractivity (Wildman–Crippen MR) is 85.1 cm³/mol. The van der Waals surface area contributed by atoms with Crippen LogP contribution in [0.25, 0.3) is 0 Å². The van der Waals surface area contributed by atoms with Gasteiger partial charge in [-0.3, -0.25) is 14.5 Å². The number of carbonyl (C=O) groups is 2. The van der Waals surface area contributed by atoms with Crippen LogP contribution < -0.4 is 0 Å². The lowest BCUT2D eigenvalue weighted by Gasteiger charge is -2.26. The van der Waals surface area contributed by atoms with Crippen molar-refractivity contribution in [2.24, 2.45) is 0 Å². The third kappa shape index (κ3) is 9.45. The third-order valence-corrected chi connectivity index (χ3v) is 3.38. The van der Waals surface area contributed by atoms with Gasteiger partial charge >= 0.3 is 5.97 Å². The lowest BCUT2D eigenvalue weighted by molar-refractivity contribution is -0.145. The van der Waals surface area contributed by atoms with Gasteiger partial charge in [0.25, 0.3) is 0 Å². The van der Waals surface area contributed by atoms with E-state index >= 15 is 0 Å². The van der Waals surface area contributed by atoms with Gasteiger partial charge in [-0.15, -0.1) is 0 Å². The number of likely N-dealkylation sites (N-methyl/N-ethyl adjacent to an activating group) is 1. The molecule has 0 aromatic rings. The standard InChI is InChI=1S/C16H32N2O3/c1-5-9-11-18(12-10-6-2)15(19)13-17(7-3)14-16(20)21-8-4/h5-14H2,1-4H3. The van der Waals surface area contributed by atoms with Gasteiger partial charge in [-0.2, -0.15) is 0 Å². The second-order valence-electron chi connectivity index (χ2n) is 5.20. The van der Waals surface area contributed by atoms with Crippen molar-refractivity contribution in [2.45, 2.75) is 53.4 Å². The molecule has 0 radical (unpaired) electrons. The van der Waals surface area contributed by atoms with E-state index in [4.69, 9.17) is 4.74 Å². The minimum absolute atomic E-state index is 0.114. The largest absolute Gasteiger partial charge is 0.465 e. The molecule has 0 rings (SSSR count). The maximum atomic E-state index is 12.4. The molecule has 5 heteroatoms. The van der Waals surface area contributed by atoms with E-state index < -0.39 is 0 Å². The number of rotatable bonds is 12. The first-order valence-electron chi connectivity index (χ1n) is 8.24. The van der Waals surface area contributed by atoms with Gasteiger partial charge < -0.3 is 9.64 Å². The lowest BCUT2D eigenvalue weighted by atomic mass is 10.2. The van der Waals surface area contributed by atoms with E-state index in [0.29, 0.717) is 19.7 Å². The predicted octanol–water partition coefficient (Wildman–Crippen LogP) is 2.30. The Hall–Kier alpha value is -1.10. The highest BCUT2D eigenvalue weighted by Gasteiger charge is 2.18. The first kappa shape index (κ1) is 19.9. The van der Waals surface area contributed by atoms with Gasteiger partial charge in [-0.25, -0.2) is 0 Å². The number of amides is 1. The minimum atomic E-state index is -0.263. The molecule has 0 aliphatic rings. The van der Waals surface area contributed by atoms with Gasteiger partial charge in [0, 0.05) is 13.1 Å². The smallest absolute Gasteiger partial charge is 0.320 e. The van der Waals surface area contributed by atoms with Crippen LogP contribution in [0.2, 0.25) is 0 Å². The number of unbranched alkanes of at least 4 members (excludes halogenated alkanes) is 2. The van der Waals surface area contributed by atoms with Crippen LogP contribution in [0.5, 0.6) is 0 Å².